The molecule has 1 aromatic heterocycles. The van der Waals surface area contributed by atoms with E-state index in [-0.39, 0.29) is 6.04 Å². The first kappa shape index (κ1) is 9.18. The van der Waals surface area contributed by atoms with Crippen LogP contribution in [0.15, 0.2) is 30.6 Å². The Morgan fingerprint density at radius 1 is 1.43 bits per heavy atom. The molecule has 1 aromatic carbocycles. The summed E-state index contributed by atoms with van der Waals surface area (Å²) in [6.07, 6.45) is 1.43. The van der Waals surface area contributed by atoms with E-state index in [1.165, 1.54) is 6.33 Å². The maximum Gasteiger partial charge on any atom is 0.145 e. The fourth-order valence-corrected chi connectivity index (χ4v) is 1.42. The number of benzene rings is 1. The minimum absolute atomic E-state index is 0.309. The van der Waals surface area contributed by atoms with Gasteiger partial charge in [0, 0.05) is 5.02 Å². The minimum atomic E-state index is -0.309. The molecular formula is C9H9ClN4. The maximum absolute atomic E-state index is 5.94. The van der Waals surface area contributed by atoms with Crippen molar-refractivity contribution in [1.29, 1.82) is 0 Å². The van der Waals surface area contributed by atoms with Crippen molar-refractivity contribution in [3.63, 3.8) is 0 Å². The van der Waals surface area contributed by atoms with Crippen molar-refractivity contribution in [3.05, 3.63) is 47.0 Å². The summed E-state index contributed by atoms with van der Waals surface area (Å²) in [6, 6.07) is 7.07. The standard InChI is InChI=1S/C9H9ClN4/c10-7-3-1-2-6(4-7)8(11)9-12-5-13-14-9/h1-5,8H,11H2,(H,12,13,14). The van der Waals surface area contributed by atoms with Crippen molar-refractivity contribution >= 4 is 11.6 Å². The van der Waals surface area contributed by atoms with Gasteiger partial charge in [0.2, 0.25) is 0 Å². The molecule has 0 aliphatic rings. The molecule has 72 valence electrons. The third-order valence-electron chi connectivity index (χ3n) is 1.94. The van der Waals surface area contributed by atoms with E-state index < -0.39 is 0 Å². The highest BCUT2D eigenvalue weighted by Crippen LogP contribution is 2.19. The molecule has 0 radical (unpaired) electrons. The van der Waals surface area contributed by atoms with E-state index in [1.807, 2.05) is 18.2 Å². The van der Waals surface area contributed by atoms with Crippen LogP contribution in [-0.2, 0) is 0 Å². The highest BCUT2D eigenvalue weighted by atomic mass is 35.5. The van der Waals surface area contributed by atoms with Crippen LogP contribution in [0.4, 0.5) is 0 Å². The van der Waals surface area contributed by atoms with Crippen LogP contribution in [-0.4, -0.2) is 15.2 Å². The molecule has 2 rings (SSSR count). The van der Waals surface area contributed by atoms with Gasteiger partial charge in [0.05, 0.1) is 6.04 Å². The molecule has 1 atom stereocenters. The van der Waals surface area contributed by atoms with Gasteiger partial charge in [-0.2, -0.15) is 5.10 Å². The first-order chi connectivity index (χ1) is 6.77. The molecule has 4 nitrogen and oxygen atoms in total. The van der Waals surface area contributed by atoms with Crippen molar-refractivity contribution in [2.24, 2.45) is 5.73 Å². The first-order valence-electron chi connectivity index (χ1n) is 4.13. The van der Waals surface area contributed by atoms with Crippen molar-refractivity contribution in [2.45, 2.75) is 6.04 Å². The van der Waals surface area contributed by atoms with Gasteiger partial charge in [-0.25, -0.2) is 4.98 Å². The molecule has 0 saturated carbocycles. The normalized spacial score (nSPS) is 12.7. The molecule has 0 fully saturated rings. The van der Waals surface area contributed by atoms with E-state index in [9.17, 15) is 0 Å². The first-order valence-corrected chi connectivity index (χ1v) is 4.51. The lowest BCUT2D eigenvalue weighted by molar-refractivity contribution is 0.787. The molecule has 5 heteroatoms. The molecule has 1 heterocycles. The van der Waals surface area contributed by atoms with Crippen LogP contribution in [0.25, 0.3) is 0 Å². The van der Waals surface area contributed by atoms with Gasteiger partial charge in [0.1, 0.15) is 12.2 Å². The molecule has 0 aliphatic heterocycles. The Hall–Kier alpha value is -1.39. The van der Waals surface area contributed by atoms with Gasteiger partial charge in [-0.1, -0.05) is 23.7 Å². The zero-order chi connectivity index (χ0) is 9.97. The maximum atomic E-state index is 5.94. The van der Waals surface area contributed by atoms with Gasteiger partial charge in [-0.05, 0) is 17.7 Å². The van der Waals surface area contributed by atoms with Gasteiger partial charge in [-0.15, -0.1) is 0 Å². The van der Waals surface area contributed by atoms with Crippen LogP contribution in [0.3, 0.4) is 0 Å². The monoisotopic (exact) mass is 208 g/mol. The van der Waals surface area contributed by atoms with Crippen molar-refractivity contribution in [2.75, 3.05) is 0 Å². The summed E-state index contributed by atoms with van der Waals surface area (Å²) >= 11 is 5.85. The van der Waals surface area contributed by atoms with E-state index in [4.69, 9.17) is 17.3 Å². The molecule has 0 bridgehead atoms. The number of rotatable bonds is 2. The van der Waals surface area contributed by atoms with Gasteiger partial charge in [0.25, 0.3) is 0 Å². The van der Waals surface area contributed by atoms with E-state index in [0.29, 0.717) is 10.8 Å². The van der Waals surface area contributed by atoms with Crippen molar-refractivity contribution < 1.29 is 0 Å². The summed E-state index contributed by atoms with van der Waals surface area (Å²) in [6.45, 7) is 0. The zero-order valence-corrected chi connectivity index (χ0v) is 8.07. The molecule has 2 aromatic rings. The number of aromatic amines is 1. The number of nitrogens with two attached hydrogens (primary N) is 1. The molecule has 14 heavy (non-hydrogen) atoms. The summed E-state index contributed by atoms with van der Waals surface area (Å²) in [5.41, 5.74) is 6.85. The van der Waals surface area contributed by atoms with Gasteiger partial charge in [0.15, 0.2) is 0 Å². The van der Waals surface area contributed by atoms with Gasteiger partial charge < -0.3 is 5.73 Å². The topological polar surface area (TPSA) is 67.6 Å². The molecular weight excluding hydrogens is 200 g/mol. The summed E-state index contributed by atoms with van der Waals surface area (Å²) in [5, 5.41) is 7.13. The molecule has 0 amide bonds. The number of H-pyrrole nitrogens is 1. The van der Waals surface area contributed by atoms with Crippen molar-refractivity contribution in [3.8, 4) is 0 Å². The van der Waals surface area contributed by atoms with Crippen LogP contribution in [0, 0.1) is 0 Å². The third kappa shape index (κ3) is 1.76. The van der Waals surface area contributed by atoms with E-state index in [0.717, 1.165) is 5.56 Å². The minimum Gasteiger partial charge on any atom is -0.318 e. The second-order valence-electron chi connectivity index (χ2n) is 2.90. The lowest BCUT2D eigenvalue weighted by Gasteiger charge is -2.08. The second kappa shape index (κ2) is 3.77. The average molecular weight is 209 g/mol. The predicted octanol–water partition coefficient (Wildman–Crippen LogP) is 1.51. The number of hydrogen-bond acceptors (Lipinski definition) is 3. The Morgan fingerprint density at radius 2 is 2.29 bits per heavy atom. The Morgan fingerprint density at radius 3 is 2.93 bits per heavy atom. The predicted molar refractivity (Wildman–Crippen MR) is 53.9 cm³/mol. The number of aromatic nitrogens is 3. The van der Waals surface area contributed by atoms with Crippen LogP contribution in [0.1, 0.15) is 17.4 Å². The highest BCUT2D eigenvalue weighted by Gasteiger charge is 2.11. The van der Waals surface area contributed by atoms with Crippen LogP contribution in [0.5, 0.6) is 0 Å². The Bertz CT molecular complexity index is 413. The highest BCUT2D eigenvalue weighted by molar-refractivity contribution is 6.30. The molecule has 0 spiro atoms. The van der Waals surface area contributed by atoms with Gasteiger partial charge >= 0.3 is 0 Å². The lowest BCUT2D eigenvalue weighted by atomic mass is 10.1. The zero-order valence-electron chi connectivity index (χ0n) is 7.31. The molecule has 0 saturated heterocycles. The van der Waals surface area contributed by atoms with Crippen LogP contribution < -0.4 is 5.73 Å². The summed E-state index contributed by atoms with van der Waals surface area (Å²) in [5.74, 6) is 0.632. The van der Waals surface area contributed by atoms with Crippen molar-refractivity contribution in [1.82, 2.24) is 15.2 Å². The Labute approximate surface area is 86.1 Å². The summed E-state index contributed by atoms with van der Waals surface area (Å²) < 4.78 is 0. The lowest BCUT2D eigenvalue weighted by Crippen LogP contribution is -2.13. The number of halogens is 1. The summed E-state index contributed by atoms with van der Waals surface area (Å²) in [4.78, 5) is 3.99. The second-order valence-corrected chi connectivity index (χ2v) is 3.34. The SMILES string of the molecule is NC(c1cccc(Cl)c1)c1ncn[nH]1. The Balaban J connectivity index is 2.32. The molecule has 3 N–H and O–H groups in total. The quantitative estimate of drug-likeness (QED) is 0.786. The largest absolute Gasteiger partial charge is 0.318 e. The fraction of sp³-hybridized carbons (Fsp3) is 0.111. The molecule has 0 aliphatic carbocycles. The smallest absolute Gasteiger partial charge is 0.145 e. The fourth-order valence-electron chi connectivity index (χ4n) is 1.22. The van der Waals surface area contributed by atoms with Crippen LogP contribution in [0.2, 0.25) is 5.02 Å². The van der Waals surface area contributed by atoms with Gasteiger partial charge in [-0.3, -0.25) is 5.10 Å². The number of hydrogen-bond donors (Lipinski definition) is 2. The summed E-state index contributed by atoms with van der Waals surface area (Å²) in [7, 11) is 0. The third-order valence-corrected chi connectivity index (χ3v) is 2.17. The van der Waals surface area contributed by atoms with E-state index in [2.05, 4.69) is 15.2 Å². The number of nitrogens with one attached hydrogen (secondary N) is 1. The average Bonchev–Trinajstić information content (AvgIpc) is 2.69. The molecule has 1 unspecified atom stereocenters. The van der Waals surface area contributed by atoms with Crippen LogP contribution >= 0.6 is 11.6 Å². The van der Waals surface area contributed by atoms with E-state index in [1.54, 1.807) is 6.07 Å². The van der Waals surface area contributed by atoms with E-state index >= 15 is 0 Å². The number of nitrogens with zero attached hydrogens (tertiary/aromatic N) is 2. The Kier molecular flexibility index (Phi) is 2.47.